The van der Waals surface area contributed by atoms with E-state index in [1.165, 1.54) is 0 Å². The molecule has 0 bridgehead atoms. The van der Waals surface area contributed by atoms with Gasteiger partial charge in [-0.05, 0) is 54.7 Å². The molecule has 6 heteroatoms. The van der Waals surface area contributed by atoms with Gasteiger partial charge in [0.2, 0.25) is 0 Å². The molecule has 0 aliphatic carbocycles. The second-order valence-corrected chi connectivity index (χ2v) is 7.86. The molecular formula is C28H24N4O2. The predicted octanol–water partition coefficient (Wildman–Crippen LogP) is 5.65. The molecule has 34 heavy (non-hydrogen) atoms. The van der Waals surface area contributed by atoms with Gasteiger partial charge in [-0.2, -0.15) is 0 Å². The maximum atomic E-state index is 11.6. The lowest BCUT2D eigenvalue weighted by molar-refractivity contribution is 1.04. The fraction of sp³-hybridized carbons (Fsp3) is 0.143. The highest BCUT2D eigenvalue weighted by molar-refractivity contribution is 5.52. The highest BCUT2D eigenvalue weighted by Gasteiger charge is 2.09. The molecule has 2 heterocycles. The van der Waals surface area contributed by atoms with Gasteiger partial charge < -0.3 is 9.97 Å². The van der Waals surface area contributed by atoms with Crippen LogP contribution in [0.2, 0.25) is 0 Å². The molecule has 0 fully saturated rings. The van der Waals surface area contributed by atoms with Crippen LogP contribution in [0.5, 0.6) is 0 Å². The predicted molar refractivity (Wildman–Crippen MR) is 135 cm³/mol. The summed E-state index contributed by atoms with van der Waals surface area (Å²) in [5.41, 5.74) is 5.15. The Morgan fingerprint density at radius 3 is 1.76 bits per heavy atom. The van der Waals surface area contributed by atoms with E-state index >= 15 is 0 Å². The van der Waals surface area contributed by atoms with Crippen LogP contribution in [-0.4, -0.2) is 9.97 Å². The van der Waals surface area contributed by atoms with Crippen LogP contribution in [0.3, 0.4) is 0 Å². The molecule has 6 nitrogen and oxygen atoms in total. The summed E-state index contributed by atoms with van der Waals surface area (Å²) >= 11 is 0. The van der Waals surface area contributed by atoms with Gasteiger partial charge in [0.25, 0.3) is 22.5 Å². The van der Waals surface area contributed by atoms with E-state index in [9.17, 15) is 9.59 Å². The molecule has 0 aliphatic heterocycles. The van der Waals surface area contributed by atoms with Crippen LogP contribution < -0.4 is 11.1 Å². The number of hydrogen-bond donors (Lipinski definition) is 2. The van der Waals surface area contributed by atoms with Crippen molar-refractivity contribution >= 4 is 11.4 Å². The van der Waals surface area contributed by atoms with Gasteiger partial charge in [-0.15, -0.1) is 0 Å². The summed E-state index contributed by atoms with van der Waals surface area (Å²) in [6.45, 7) is 17.6. The Morgan fingerprint density at radius 1 is 0.706 bits per heavy atom. The van der Waals surface area contributed by atoms with Crippen molar-refractivity contribution in [2.24, 2.45) is 0 Å². The maximum Gasteiger partial charge on any atom is 0.254 e. The number of aryl methyl sites for hydroxylation is 2. The molecule has 0 aliphatic rings. The van der Waals surface area contributed by atoms with Crippen molar-refractivity contribution in [3.8, 4) is 0 Å². The summed E-state index contributed by atoms with van der Waals surface area (Å²) in [7, 11) is 0. The third-order valence-corrected chi connectivity index (χ3v) is 5.17. The van der Waals surface area contributed by atoms with Crippen LogP contribution in [0.15, 0.2) is 82.4 Å². The van der Waals surface area contributed by atoms with E-state index in [2.05, 4.69) is 19.7 Å². The zero-order valence-corrected chi connectivity index (χ0v) is 19.1. The Morgan fingerprint density at radius 2 is 1.24 bits per heavy atom. The van der Waals surface area contributed by atoms with Crippen molar-refractivity contribution in [1.29, 1.82) is 0 Å². The van der Waals surface area contributed by atoms with Crippen molar-refractivity contribution in [2.45, 2.75) is 26.7 Å². The smallest absolute Gasteiger partial charge is 0.254 e. The molecule has 0 radical (unpaired) electrons. The van der Waals surface area contributed by atoms with Crippen molar-refractivity contribution in [2.75, 3.05) is 0 Å². The van der Waals surface area contributed by atoms with E-state index in [0.29, 0.717) is 12.8 Å². The lowest BCUT2D eigenvalue weighted by atomic mass is 10.0. The van der Waals surface area contributed by atoms with Crippen LogP contribution >= 0.6 is 0 Å². The van der Waals surface area contributed by atoms with Gasteiger partial charge >= 0.3 is 0 Å². The van der Waals surface area contributed by atoms with Crippen LogP contribution in [-0.2, 0) is 12.8 Å². The fourth-order valence-corrected chi connectivity index (χ4v) is 3.62. The average molecular weight is 449 g/mol. The molecule has 0 saturated heterocycles. The molecule has 0 spiro atoms. The Labute approximate surface area is 198 Å². The maximum absolute atomic E-state index is 11.6. The zero-order valence-electron chi connectivity index (χ0n) is 19.1. The molecule has 2 aromatic heterocycles. The molecule has 0 amide bonds. The van der Waals surface area contributed by atoms with E-state index in [0.717, 1.165) is 33.6 Å². The highest BCUT2D eigenvalue weighted by Crippen LogP contribution is 2.18. The molecule has 0 saturated carbocycles. The number of aromatic amines is 2. The van der Waals surface area contributed by atoms with E-state index in [4.69, 9.17) is 13.1 Å². The number of aromatic nitrogens is 2. The van der Waals surface area contributed by atoms with Crippen molar-refractivity contribution in [3.05, 3.63) is 150 Å². The molecule has 0 unspecified atom stereocenters. The van der Waals surface area contributed by atoms with Gasteiger partial charge in [0.15, 0.2) is 0 Å². The van der Waals surface area contributed by atoms with Gasteiger partial charge in [0, 0.05) is 17.8 Å². The number of rotatable bonds is 4. The summed E-state index contributed by atoms with van der Waals surface area (Å²) in [6, 6.07) is 23.5. The molecule has 2 aromatic carbocycles. The minimum absolute atomic E-state index is 0.182. The quantitative estimate of drug-likeness (QED) is 0.396. The zero-order chi connectivity index (χ0) is 24.5. The Balaban J connectivity index is 0.000000191. The molecular weight excluding hydrogens is 424 g/mol. The first-order valence-corrected chi connectivity index (χ1v) is 10.7. The van der Waals surface area contributed by atoms with E-state index in [-0.39, 0.29) is 22.5 Å². The summed E-state index contributed by atoms with van der Waals surface area (Å²) in [6.07, 6.45) is 1.29. The van der Waals surface area contributed by atoms with Crippen molar-refractivity contribution < 1.29 is 0 Å². The Kier molecular flexibility index (Phi) is 7.94. The highest BCUT2D eigenvalue weighted by atomic mass is 16.1. The number of benzene rings is 2. The molecule has 4 aromatic rings. The summed E-state index contributed by atoms with van der Waals surface area (Å²) < 4.78 is 0. The minimum atomic E-state index is -0.300. The largest absolute Gasteiger partial charge is 0.335 e. The van der Waals surface area contributed by atoms with Gasteiger partial charge in [0.1, 0.15) is 0 Å². The summed E-state index contributed by atoms with van der Waals surface area (Å²) in [5.74, 6) is 0. The fourth-order valence-electron chi connectivity index (χ4n) is 3.62. The first kappa shape index (κ1) is 24.0. The van der Waals surface area contributed by atoms with Crippen LogP contribution in [0, 0.1) is 27.0 Å². The van der Waals surface area contributed by atoms with Crippen molar-refractivity contribution in [1.82, 2.24) is 9.97 Å². The third-order valence-electron chi connectivity index (χ3n) is 5.17. The summed E-state index contributed by atoms with van der Waals surface area (Å²) in [4.78, 5) is 35.2. The van der Waals surface area contributed by atoms with Crippen molar-refractivity contribution in [3.63, 3.8) is 0 Å². The Hall–Kier alpha value is -4.68. The number of H-pyrrole nitrogens is 2. The van der Waals surface area contributed by atoms with Gasteiger partial charge in [-0.1, -0.05) is 60.7 Å². The molecule has 168 valence electrons. The number of nitrogens with one attached hydrogen (secondary N) is 2. The third kappa shape index (κ3) is 6.18. The first-order chi connectivity index (χ1) is 16.4. The van der Waals surface area contributed by atoms with Crippen LogP contribution in [0.25, 0.3) is 9.69 Å². The normalized spacial score (nSPS) is 9.88. The number of hydrogen-bond acceptors (Lipinski definition) is 2. The standard InChI is InChI=1S/2C14H12N2O/c1-10-8-12(13(15-2)14(17)16-10)9-11-6-4-3-5-7-11;1-10-8-12(16-14(17)13(10)15-2)9-11-6-4-3-5-7-11/h2*3-8H,9H2,1H3,(H,16,17). The van der Waals surface area contributed by atoms with E-state index < -0.39 is 0 Å². The van der Waals surface area contributed by atoms with E-state index in [1.54, 1.807) is 6.92 Å². The molecule has 0 atom stereocenters. The second-order valence-electron chi connectivity index (χ2n) is 7.86. The van der Waals surface area contributed by atoms with Gasteiger partial charge in [-0.3, -0.25) is 9.59 Å². The monoisotopic (exact) mass is 448 g/mol. The molecule has 2 N–H and O–H groups in total. The van der Waals surface area contributed by atoms with E-state index in [1.807, 2.05) is 79.7 Å². The minimum Gasteiger partial charge on any atom is -0.335 e. The average Bonchev–Trinajstić information content (AvgIpc) is 2.80. The number of nitrogens with zero attached hydrogens (tertiary/aromatic N) is 2. The SMILES string of the molecule is [C-]#[N+]c1c(C)cc(Cc2ccccc2)[nH]c1=O.[C-]#[N+]c1c(Cc2ccccc2)cc(C)[nH]c1=O. The second kappa shape index (κ2) is 11.3. The molecule has 4 rings (SSSR count). The Bertz CT molecular complexity index is 1470. The van der Waals surface area contributed by atoms with Gasteiger partial charge in [0.05, 0.1) is 13.1 Å². The van der Waals surface area contributed by atoms with Crippen LogP contribution in [0.4, 0.5) is 11.4 Å². The summed E-state index contributed by atoms with van der Waals surface area (Å²) in [5, 5.41) is 0. The lowest BCUT2D eigenvalue weighted by Crippen LogP contribution is -2.09. The van der Waals surface area contributed by atoms with Gasteiger partial charge in [-0.25, -0.2) is 9.69 Å². The number of pyridine rings is 2. The van der Waals surface area contributed by atoms with Crippen LogP contribution in [0.1, 0.15) is 33.6 Å². The first-order valence-electron chi connectivity index (χ1n) is 10.7. The topological polar surface area (TPSA) is 74.4 Å². The lowest BCUT2D eigenvalue weighted by Gasteiger charge is -2.05.